The topological polar surface area (TPSA) is 55.4 Å². The molecule has 1 aromatic rings. The van der Waals surface area contributed by atoms with Crippen molar-refractivity contribution in [3.05, 3.63) is 23.8 Å². The van der Waals surface area contributed by atoms with E-state index in [4.69, 9.17) is 16.3 Å². The molecule has 0 aliphatic heterocycles. The maximum Gasteiger partial charge on any atom is 0.418 e. The lowest BCUT2D eigenvalue weighted by Gasteiger charge is -2.17. The van der Waals surface area contributed by atoms with Crippen molar-refractivity contribution in [3.8, 4) is 5.75 Å². The van der Waals surface area contributed by atoms with Crippen LogP contribution in [-0.4, -0.2) is 27.2 Å². The van der Waals surface area contributed by atoms with Gasteiger partial charge in [-0.25, -0.2) is 8.42 Å². The summed E-state index contributed by atoms with van der Waals surface area (Å²) in [5.74, 6) is -0.661. The van der Waals surface area contributed by atoms with Crippen LogP contribution in [0.4, 0.5) is 18.9 Å². The molecule has 0 heterocycles. The Morgan fingerprint density at radius 1 is 1.38 bits per heavy atom. The van der Waals surface area contributed by atoms with E-state index in [1.165, 1.54) is 13.2 Å². The monoisotopic (exact) mass is 345 g/mol. The average Bonchev–Trinajstić information content (AvgIpc) is 2.36. The van der Waals surface area contributed by atoms with Gasteiger partial charge < -0.3 is 4.74 Å². The molecular weight excluding hydrogens is 331 g/mol. The number of hydrogen-bond acceptors (Lipinski definition) is 3. The predicted molar refractivity (Wildman–Crippen MR) is 75.3 cm³/mol. The molecule has 9 heteroatoms. The SMILES string of the molecule is COc1ccc(NS(=O)(=O)CC(C)CCl)c(C(F)(F)F)c1. The van der Waals surface area contributed by atoms with Crippen molar-refractivity contribution in [3.63, 3.8) is 0 Å². The molecule has 120 valence electrons. The lowest BCUT2D eigenvalue weighted by molar-refractivity contribution is -0.137. The molecule has 1 unspecified atom stereocenters. The fourth-order valence-corrected chi connectivity index (χ4v) is 3.30. The predicted octanol–water partition coefficient (Wildman–Crippen LogP) is 3.33. The third-order valence-electron chi connectivity index (χ3n) is 2.56. The summed E-state index contributed by atoms with van der Waals surface area (Å²) in [5, 5.41) is 0. The van der Waals surface area contributed by atoms with Gasteiger partial charge in [-0.3, -0.25) is 4.72 Å². The average molecular weight is 346 g/mol. The van der Waals surface area contributed by atoms with Crippen molar-refractivity contribution in [2.75, 3.05) is 23.5 Å². The summed E-state index contributed by atoms with van der Waals surface area (Å²) < 4.78 is 69.2. The first kappa shape index (κ1) is 17.9. The Balaban J connectivity index is 3.14. The zero-order chi connectivity index (χ0) is 16.3. The van der Waals surface area contributed by atoms with Crippen LogP contribution in [-0.2, 0) is 16.2 Å². The summed E-state index contributed by atoms with van der Waals surface area (Å²) in [6.45, 7) is 1.59. The van der Waals surface area contributed by atoms with E-state index in [2.05, 4.69) is 0 Å². The van der Waals surface area contributed by atoms with Crippen molar-refractivity contribution in [1.29, 1.82) is 0 Å². The Morgan fingerprint density at radius 2 is 2.00 bits per heavy atom. The number of nitrogens with one attached hydrogen (secondary N) is 1. The molecule has 0 aliphatic rings. The highest BCUT2D eigenvalue weighted by Crippen LogP contribution is 2.37. The van der Waals surface area contributed by atoms with E-state index in [0.717, 1.165) is 12.1 Å². The Kier molecular flexibility index (Phi) is 5.75. The van der Waals surface area contributed by atoms with Crippen LogP contribution in [0.5, 0.6) is 5.75 Å². The number of sulfonamides is 1. The van der Waals surface area contributed by atoms with Crippen molar-refractivity contribution < 1.29 is 26.3 Å². The first-order chi connectivity index (χ1) is 9.59. The third kappa shape index (κ3) is 5.28. The van der Waals surface area contributed by atoms with Crippen LogP contribution in [0.1, 0.15) is 12.5 Å². The molecule has 0 amide bonds. The second-order valence-corrected chi connectivity index (χ2v) is 6.63. The molecule has 1 atom stereocenters. The number of benzene rings is 1. The van der Waals surface area contributed by atoms with E-state index in [0.29, 0.717) is 0 Å². The quantitative estimate of drug-likeness (QED) is 0.805. The second kappa shape index (κ2) is 6.74. The summed E-state index contributed by atoms with van der Waals surface area (Å²) in [4.78, 5) is 0. The van der Waals surface area contributed by atoms with Crippen LogP contribution < -0.4 is 9.46 Å². The standard InChI is InChI=1S/C12H15ClF3NO3S/c1-8(6-13)7-21(18,19)17-11-4-3-9(20-2)5-10(11)12(14,15)16/h3-5,8,17H,6-7H2,1-2H3. The Labute approximate surface area is 126 Å². The minimum Gasteiger partial charge on any atom is -0.497 e. The highest BCUT2D eigenvalue weighted by atomic mass is 35.5. The zero-order valence-corrected chi connectivity index (χ0v) is 12.9. The van der Waals surface area contributed by atoms with Gasteiger partial charge in [-0.1, -0.05) is 6.92 Å². The molecule has 1 aromatic carbocycles. The summed E-state index contributed by atoms with van der Waals surface area (Å²) >= 11 is 5.52. The van der Waals surface area contributed by atoms with Crippen molar-refractivity contribution in [1.82, 2.24) is 0 Å². The maximum atomic E-state index is 13.0. The smallest absolute Gasteiger partial charge is 0.418 e. The maximum absolute atomic E-state index is 13.0. The highest BCUT2D eigenvalue weighted by molar-refractivity contribution is 7.92. The first-order valence-corrected chi connectivity index (χ1v) is 8.09. The zero-order valence-electron chi connectivity index (χ0n) is 11.4. The number of rotatable bonds is 6. The number of ether oxygens (including phenoxy) is 1. The number of methoxy groups -OCH3 is 1. The largest absolute Gasteiger partial charge is 0.497 e. The lowest BCUT2D eigenvalue weighted by Crippen LogP contribution is -2.23. The van der Waals surface area contributed by atoms with Crippen LogP contribution >= 0.6 is 11.6 Å². The molecule has 1 N–H and O–H groups in total. The summed E-state index contributed by atoms with van der Waals surface area (Å²) in [5.41, 5.74) is -1.64. The molecular formula is C12H15ClF3NO3S. The van der Waals surface area contributed by atoms with Crippen molar-refractivity contribution in [2.24, 2.45) is 5.92 Å². The molecule has 0 saturated heterocycles. The first-order valence-electron chi connectivity index (χ1n) is 5.90. The van der Waals surface area contributed by atoms with Crippen LogP contribution in [0, 0.1) is 5.92 Å². The molecule has 1 rings (SSSR count). The van der Waals surface area contributed by atoms with Gasteiger partial charge in [0, 0.05) is 5.88 Å². The molecule has 0 fully saturated rings. The summed E-state index contributed by atoms with van der Waals surface area (Å²) in [6.07, 6.45) is -4.70. The van der Waals surface area contributed by atoms with E-state index < -0.39 is 27.5 Å². The number of hydrogen-bond donors (Lipinski definition) is 1. The molecule has 0 aliphatic carbocycles. The van der Waals surface area contributed by atoms with Gasteiger partial charge in [-0.05, 0) is 24.1 Å². The minimum absolute atomic E-state index is 0.0144. The Hall–Kier alpha value is -1.15. The highest BCUT2D eigenvalue weighted by Gasteiger charge is 2.35. The fraction of sp³-hybridized carbons (Fsp3) is 0.500. The Morgan fingerprint density at radius 3 is 2.48 bits per heavy atom. The molecule has 0 spiro atoms. The van der Waals surface area contributed by atoms with Crippen LogP contribution in [0.3, 0.4) is 0 Å². The molecule has 21 heavy (non-hydrogen) atoms. The van der Waals surface area contributed by atoms with Gasteiger partial charge in [0.15, 0.2) is 0 Å². The van der Waals surface area contributed by atoms with Gasteiger partial charge in [0.25, 0.3) is 0 Å². The van der Waals surface area contributed by atoms with E-state index in [-0.39, 0.29) is 23.3 Å². The van der Waals surface area contributed by atoms with E-state index in [9.17, 15) is 21.6 Å². The summed E-state index contributed by atoms with van der Waals surface area (Å²) in [6, 6.07) is 3.01. The van der Waals surface area contributed by atoms with Gasteiger partial charge >= 0.3 is 6.18 Å². The molecule has 0 bridgehead atoms. The van der Waals surface area contributed by atoms with Gasteiger partial charge in [0.05, 0.1) is 24.1 Å². The van der Waals surface area contributed by atoms with Crippen molar-refractivity contribution >= 4 is 27.3 Å². The molecule has 0 aromatic heterocycles. The van der Waals surface area contributed by atoms with Crippen LogP contribution in [0.2, 0.25) is 0 Å². The normalized spacial score (nSPS) is 13.8. The van der Waals surface area contributed by atoms with Gasteiger partial charge in [0.1, 0.15) is 5.75 Å². The number of anilines is 1. The van der Waals surface area contributed by atoms with Gasteiger partial charge in [-0.15, -0.1) is 11.6 Å². The van der Waals surface area contributed by atoms with E-state index >= 15 is 0 Å². The number of halogens is 4. The fourth-order valence-electron chi connectivity index (χ4n) is 1.60. The third-order valence-corrected chi connectivity index (χ3v) is 4.63. The molecule has 4 nitrogen and oxygen atoms in total. The van der Waals surface area contributed by atoms with Crippen molar-refractivity contribution in [2.45, 2.75) is 13.1 Å². The second-order valence-electron chi connectivity index (χ2n) is 4.55. The molecule has 0 radical (unpaired) electrons. The van der Waals surface area contributed by atoms with E-state index in [1.807, 2.05) is 4.72 Å². The van der Waals surface area contributed by atoms with E-state index in [1.54, 1.807) is 6.92 Å². The van der Waals surface area contributed by atoms with Crippen LogP contribution in [0.15, 0.2) is 18.2 Å². The molecule has 0 saturated carbocycles. The summed E-state index contributed by atoms with van der Waals surface area (Å²) in [7, 11) is -2.70. The minimum atomic E-state index is -4.70. The number of alkyl halides is 4. The lowest BCUT2D eigenvalue weighted by atomic mass is 10.1. The Bertz CT molecular complexity index is 590. The van der Waals surface area contributed by atoms with Gasteiger partial charge in [0.2, 0.25) is 10.0 Å². The van der Waals surface area contributed by atoms with Crippen LogP contribution in [0.25, 0.3) is 0 Å². The van der Waals surface area contributed by atoms with Gasteiger partial charge in [-0.2, -0.15) is 13.2 Å².